The lowest BCUT2D eigenvalue weighted by atomic mass is 9.92. The Kier molecular flexibility index (Phi) is 4.94. The fraction of sp³-hybridized carbons (Fsp3) is 0.130. The first-order chi connectivity index (χ1) is 14.0. The summed E-state index contributed by atoms with van der Waals surface area (Å²) in [6, 6.07) is 24.2. The van der Waals surface area contributed by atoms with Crippen molar-refractivity contribution in [2.75, 3.05) is 12.0 Å². The summed E-state index contributed by atoms with van der Waals surface area (Å²) < 4.78 is 11.0. The van der Waals surface area contributed by atoms with Gasteiger partial charge in [-0.3, -0.25) is 9.69 Å². The highest BCUT2D eigenvalue weighted by Gasteiger charge is 2.47. The molecule has 0 saturated carbocycles. The van der Waals surface area contributed by atoms with Crippen molar-refractivity contribution in [3.63, 3.8) is 0 Å². The fourth-order valence-corrected chi connectivity index (χ4v) is 3.67. The summed E-state index contributed by atoms with van der Waals surface area (Å²) in [6.07, 6.45) is 0. The summed E-state index contributed by atoms with van der Waals surface area (Å²) in [7, 11) is 1.60. The molecule has 0 aromatic heterocycles. The van der Waals surface area contributed by atoms with Crippen LogP contribution < -0.4 is 19.7 Å². The highest BCUT2D eigenvalue weighted by molar-refractivity contribution is 7.80. The Hall–Kier alpha value is -3.38. The van der Waals surface area contributed by atoms with Gasteiger partial charge in [-0.15, -0.1) is 0 Å². The van der Waals surface area contributed by atoms with Gasteiger partial charge in [-0.1, -0.05) is 30.3 Å². The Morgan fingerprint density at radius 2 is 1.45 bits per heavy atom. The molecule has 146 valence electrons. The minimum atomic E-state index is -0.956. The fourth-order valence-electron chi connectivity index (χ4n) is 3.28. The van der Waals surface area contributed by atoms with E-state index in [0.717, 1.165) is 17.1 Å². The molecule has 3 aromatic carbocycles. The first kappa shape index (κ1) is 19.0. The Bertz CT molecular complexity index is 1040. The molecule has 29 heavy (non-hydrogen) atoms. The van der Waals surface area contributed by atoms with Crippen LogP contribution in [0.15, 0.2) is 78.9 Å². The molecule has 1 heterocycles. The van der Waals surface area contributed by atoms with Crippen LogP contribution in [-0.4, -0.2) is 18.1 Å². The zero-order valence-electron chi connectivity index (χ0n) is 16.1. The number of methoxy groups -OCH3 is 1. The highest BCUT2D eigenvalue weighted by atomic mass is 32.1. The molecule has 1 unspecified atom stereocenters. The molecular formula is C23H20N2O3S. The van der Waals surface area contributed by atoms with E-state index in [0.29, 0.717) is 16.5 Å². The lowest BCUT2D eigenvalue weighted by Gasteiger charge is -2.23. The molecule has 1 amide bonds. The van der Waals surface area contributed by atoms with Gasteiger partial charge < -0.3 is 14.8 Å². The molecular weight excluding hydrogens is 384 g/mol. The van der Waals surface area contributed by atoms with Gasteiger partial charge in [0.25, 0.3) is 5.91 Å². The number of nitrogens with one attached hydrogen (secondary N) is 1. The van der Waals surface area contributed by atoms with E-state index in [1.54, 1.807) is 19.2 Å². The number of carbonyl (C=O) groups excluding carboxylic acids is 1. The molecule has 5 nitrogen and oxygen atoms in total. The highest BCUT2D eigenvalue weighted by Crippen LogP contribution is 2.34. The Morgan fingerprint density at radius 1 is 0.862 bits per heavy atom. The first-order valence-electron chi connectivity index (χ1n) is 9.15. The van der Waals surface area contributed by atoms with E-state index in [1.165, 1.54) is 4.90 Å². The van der Waals surface area contributed by atoms with Gasteiger partial charge in [0.1, 0.15) is 22.8 Å². The predicted molar refractivity (Wildman–Crippen MR) is 117 cm³/mol. The molecule has 1 N–H and O–H groups in total. The van der Waals surface area contributed by atoms with E-state index in [1.807, 2.05) is 73.7 Å². The number of amides is 1. The summed E-state index contributed by atoms with van der Waals surface area (Å²) in [6.45, 7) is 1.83. The van der Waals surface area contributed by atoms with Gasteiger partial charge in [0, 0.05) is 0 Å². The number of anilines is 1. The van der Waals surface area contributed by atoms with Crippen molar-refractivity contribution >= 4 is 28.9 Å². The minimum absolute atomic E-state index is 0.135. The van der Waals surface area contributed by atoms with Gasteiger partial charge in [-0.2, -0.15) is 0 Å². The summed E-state index contributed by atoms with van der Waals surface area (Å²) in [5.74, 6) is 2.04. The largest absolute Gasteiger partial charge is 0.497 e. The van der Waals surface area contributed by atoms with Crippen molar-refractivity contribution in [3.8, 4) is 17.2 Å². The topological polar surface area (TPSA) is 50.8 Å². The number of para-hydroxylation sites is 1. The van der Waals surface area contributed by atoms with Crippen molar-refractivity contribution in [1.29, 1.82) is 0 Å². The Morgan fingerprint density at radius 3 is 2.07 bits per heavy atom. The molecule has 1 aliphatic rings. The lowest BCUT2D eigenvalue weighted by Crippen LogP contribution is -2.40. The second-order valence-corrected chi connectivity index (χ2v) is 7.22. The van der Waals surface area contributed by atoms with Crippen LogP contribution in [0.25, 0.3) is 0 Å². The van der Waals surface area contributed by atoms with Crippen LogP contribution in [0, 0.1) is 0 Å². The third-order valence-electron chi connectivity index (χ3n) is 4.93. The minimum Gasteiger partial charge on any atom is -0.497 e. The van der Waals surface area contributed by atoms with E-state index in [-0.39, 0.29) is 5.91 Å². The number of hydrogen-bond acceptors (Lipinski definition) is 4. The summed E-state index contributed by atoms with van der Waals surface area (Å²) in [5, 5.41) is 3.55. The number of rotatable bonds is 5. The lowest BCUT2D eigenvalue weighted by molar-refractivity contribution is -0.121. The van der Waals surface area contributed by atoms with Crippen molar-refractivity contribution in [3.05, 3.63) is 84.4 Å². The molecule has 0 bridgehead atoms. The first-order valence-corrected chi connectivity index (χ1v) is 9.56. The molecule has 6 heteroatoms. The average molecular weight is 404 g/mol. The number of thiocarbonyl (C=S) groups is 1. The number of hydrogen-bond donors (Lipinski definition) is 1. The normalized spacial score (nSPS) is 18.5. The maximum Gasteiger partial charge on any atom is 0.263 e. The maximum atomic E-state index is 13.3. The van der Waals surface area contributed by atoms with Gasteiger partial charge in [-0.05, 0) is 73.2 Å². The van der Waals surface area contributed by atoms with Crippen LogP contribution in [-0.2, 0) is 10.3 Å². The Balaban J connectivity index is 1.57. The van der Waals surface area contributed by atoms with Crippen LogP contribution in [0.5, 0.6) is 17.2 Å². The smallest absolute Gasteiger partial charge is 0.263 e. The van der Waals surface area contributed by atoms with E-state index < -0.39 is 5.54 Å². The number of ether oxygens (including phenoxy) is 2. The van der Waals surface area contributed by atoms with E-state index in [2.05, 4.69) is 5.32 Å². The molecule has 1 saturated heterocycles. The molecule has 0 radical (unpaired) electrons. The Labute approximate surface area is 174 Å². The van der Waals surface area contributed by atoms with E-state index >= 15 is 0 Å². The van der Waals surface area contributed by atoms with Crippen molar-refractivity contribution in [1.82, 2.24) is 5.32 Å². The monoisotopic (exact) mass is 404 g/mol. The van der Waals surface area contributed by atoms with Crippen LogP contribution in [0.2, 0.25) is 0 Å². The molecule has 0 spiro atoms. The molecule has 1 aliphatic heterocycles. The second-order valence-electron chi connectivity index (χ2n) is 6.83. The molecule has 1 atom stereocenters. The van der Waals surface area contributed by atoms with Crippen LogP contribution >= 0.6 is 12.2 Å². The van der Waals surface area contributed by atoms with Crippen molar-refractivity contribution in [2.24, 2.45) is 0 Å². The summed E-state index contributed by atoms with van der Waals surface area (Å²) in [4.78, 5) is 14.8. The van der Waals surface area contributed by atoms with Gasteiger partial charge in [-0.25, -0.2) is 0 Å². The number of benzene rings is 3. The SMILES string of the molecule is COc1ccc(N2C(=O)C(C)(c3ccc(Oc4ccccc4)cc3)NC2=S)cc1. The van der Waals surface area contributed by atoms with Gasteiger partial charge in [0.15, 0.2) is 5.11 Å². The molecule has 4 rings (SSSR count). The summed E-state index contributed by atoms with van der Waals surface area (Å²) >= 11 is 5.46. The van der Waals surface area contributed by atoms with Crippen LogP contribution in [0.1, 0.15) is 12.5 Å². The van der Waals surface area contributed by atoms with Crippen molar-refractivity contribution in [2.45, 2.75) is 12.5 Å². The quantitative estimate of drug-likeness (QED) is 0.629. The van der Waals surface area contributed by atoms with Crippen LogP contribution in [0.4, 0.5) is 5.69 Å². The zero-order chi connectivity index (χ0) is 20.4. The second kappa shape index (κ2) is 7.56. The predicted octanol–water partition coefficient (Wildman–Crippen LogP) is 4.62. The van der Waals surface area contributed by atoms with Gasteiger partial charge >= 0.3 is 0 Å². The zero-order valence-corrected chi connectivity index (χ0v) is 16.9. The number of nitrogens with zero attached hydrogens (tertiary/aromatic N) is 1. The molecule has 0 aliphatic carbocycles. The van der Waals surface area contributed by atoms with Gasteiger partial charge in [0.05, 0.1) is 12.8 Å². The third kappa shape index (κ3) is 3.54. The summed E-state index contributed by atoms with van der Waals surface area (Å²) in [5.41, 5.74) is 0.546. The standard InChI is InChI=1S/C23H20N2O3S/c1-23(16-8-12-20(13-9-16)28-19-6-4-3-5-7-19)21(26)25(22(29)24-23)17-10-14-18(27-2)15-11-17/h3-15H,1-2H3,(H,24,29). The third-order valence-corrected chi connectivity index (χ3v) is 5.22. The van der Waals surface area contributed by atoms with Gasteiger partial charge in [0.2, 0.25) is 0 Å². The van der Waals surface area contributed by atoms with Crippen LogP contribution in [0.3, 0.4) is 0 Å². The maximum absolute atomic E-state index is 13.3. The molecule has 1 fully saturated rings. The average Bonchev–Trinajstić information content (AvgIpc) is 2.98. The van der Waals surface area contributed by atoms with Crippen molar-refractivity contribution < 1.29 is 14.3 Å². The van der Waals surface area contributed by atoms with E-state index in [9.17, 15) is 4.79 Å². The number of carbonyl (C=O) groups is 1. The molecule has 3 aromatic rings. The van der Waals surface area contributed by atoms with E-state index in [4.69, 9.17) is 21.7 Å².